The van der Waals surface area contributed by atoms with Crippen molar-refractivity contribution in [3.63, 3.8) is 0 Å². The molecule has 2 N–H and O–H groups in total. The highest BCUT2D eigenvalue weighted by molar-refractivity contribution is 5.89. The third-order valence-corrected chi connectivity index (χ3v) is 3.04. The quantitative estimate of drug-likeness (QED) is 0.771. The fourth-order valence-electron chi connectivity index (χ4n) is 2.12. The van der Waals surface area contributed by atoms with Crippen LogP contribution >= 0.6 is 0 Å². The van der Waals surface area contributed by atoms with E-state index in [2.05, 4.69) is 0 Å². The maximum Gasteiger partial charge on any atom is 0.242 e. The number of hydrogen-bond acceptors (Lipinski definition) is 3. The van der Waals surface area contributed by atoms with Gasteiger partial charge in [0.2, 0.25) is 5.91 Å². The molecule has 1 saturated heterocycles. The summed E-state index contributed by atoms with van der Waals surface area (Å²) in [6.45, 7) is 2.66. The summed E-state index contributed by atoms with van der Waals surface area (Å²) in [6, 6.07) is 7.31. The molecule has 1 heterocycles. The van der Waals surface area contributed by atoms with Gasteiger partial charge in [-0.1, -0.05) is 12.1 Å². The lowest BCUT2D eigenvalue weighted by Gasteiger charge is -2.45. The smallest absolute Gasteiger partial charge is 0.242 e. The minimum Gasteiger partial charge on any atom is -0.497 e. The van der Waals surface area contributed by atoms with Crippen LogP contribution in [0, 0.1) is 0 Å². The van der Waals surface area contributed by atoms with Crippen LogP contribution in [0.25, 0.3) is 0 Å². The largest absolute Gasteiger partial charge is 0.497 e. The highest BCUT2D eigenvalue weighted by atomic mass is 16.5. The molecule has 1 fully saturated rings. The molecule has 4 nitrogen and oxygen atoms in total. The Kier molecular flexibility index (Phi) is 2.83. The molecule has 4 heteroatoms. The Hall–Kier alpha value is -1.55. The van der Waals surface area contributed by atoms with Crippen LogP contribution in [0.1, 0.15) is 18.5 Å². The Morgan fingerprint density at radius 1 is 1.38 bits per heavy atom. The van der Waals surface area contributed by atoms with Crippen molar-refractivity contribution < 1.29 is 9.53 Å². The molecule has 0 radical (unpaired) electrons. The second-order valence-corrected chi connectivity index (χ2v) is 3.87. The number of ether oxygens (including phenoxy) is 1. The highest BCUT2D eigenvalue weighted by Crippen LogP contribution is 2.33. The fraction of sp³-hybridized carbons (Fsp3) is 0.417. The van der Waals surface area contributed by atoms with Gasteiger partial charge >= 0.3 is 0 Å². The number of carbonyl (C=O) groups excluding carboxylic acids is 1. The van der Waals surface area contributed by atoms with Crippen LogP contribution in [-0.2, 0) is 4.79 Å². The second-order valence-electron chi connectivity index (χ2n) is 3.87. The first-order valence-electron chi connectivity index (χ1n) is 5.39. The summed E-state index contributed by atoms with van der Waals surface area (Å²) in [5, 5.41) is 0. The van der Waals surface area contributed by atoms with Gasteiger partial charge in [-0.3, -0.25) is 4.79 Å². The van der Waals surface area contributed by atoms with Gasteiger partial charge in [-0.25, -0.2) is 0 Å². The second kappa shape index (κ2) is 4.14. The summed E-state index contributed by atoms with van der Waals surface area (Å²) >= 11 is 0. The fourth-order valence-corrected chi connectivity index (χ4v) is 2.12. The topological polar surface area (TPSA) is 55.6 Å². The Morgan fingerprint density at radius 3 is 2.50 bits per heavy atom. The molecular formula is C12H16N2O2. The molecule has 1 aliphatic rings. The van der Waals surface area contributed by atoms with E-state index in [0.717, 1.165) is 11.3 Å². The predicted molar refractivity (Wildman–Crippen MR) is 61.1 cm³/mol. The number of carbonyl (C=O) groups is 1. The van der Waals surface area contributed by atoms with Gasteiger partial charge in [-0.05, 0) is 24.6 Å². The maximum absolute atomic E-state index is 11.5. The zero-order chi connectivity index (χ0) is 11.7. The van der Waals surface area contributed by atoms with Crippen LogP contribution in [0.15, 0.2) is 24.3 Å². The van der Waals surface area contributed by atoms with Gasteiger partial charge in [0.05, 0.1) is 13.2 Å². The Labute approximate surface area is 95.0 Å². The number of methoxy groups -OCH3 is 1. The molecular weight excluding hydrogens is 204 g/mol. The molecule has 1 aromatic rings. The number of hydrogen-bond donors (Lipinski definition) is 1. The van der Waals surface area contributed by atoms with E-state index in [1.165, 1.54) is 0 Å². The summed E-state index contributed by atoms with van der Waals surface area (Å²) in [5.41, 5.74) is 6.88. The lowest BCUT2D eigenvalue weighted by molar-refractivity contribution is -0.149. The molecule has 16 heavy (non-hydrogen) atoms. The SMILES string of the molecule is CCN1C(=O)[C@H](N)[C@H]1c1ccc(OC)cc1. The zero-order valence-electron chi connectivity index (χ0n) is 9.51. The van der Waals surface area contributed by atoms with Crippen LogP contribution < -0.4 is 10.5 Å². The van der Waals surface area contributed by atoms with Gasteiger partial charge < -0.3 is 15.4 Å². The monoisotopic (exact) mass is 220 g/mol. The summed E-state index contributed by atoms with van der Waals surface area (Å²) in [4.78, 5) is 13.3. The molecule has 2 atom stereocenters. The standard InChI is InChI=1S/C12H16N2O2/c1-3-14-11(10(13)12(14)15)8-4-6-9(16-2)7-5-8/h4-7,10-11H,3,13H2,1-2H3/t10-,11-/m1/s1. The third kappa shape index (κ3) is 1.55. The number of nitrogens with two attached hydrogens (primary N) is 1. The third-order valence-electron chi connectivity index (χ3n) is 3.04. The molecule has 2 rings (SSSR count). The van der Waals surface area contributed by atoms with Gasteiger partial charge in [-0.2, -0.15) is 0 Å². The van der Waals surface area contributed by atoms with E-state index in [1.807, 2.05) is 31.2 Å². The summed E-state index contributed by atoms with van der Waals surface area (Å²) < 4.78 is 5.09. The summed E-state index contributed by atoms with van der Waals surface area (Å²) in [6.07, 6.45) is 0. The average Bonchev–Trinajstić information content (AvgIpc) is 2.34. The number of nitrogens with zero attached hydrogens (tertiary/aromatic N) is 1. The molecule has 0 bridgehead atoms. The maximum atomic E-state index is 11.5. The van der Waals surface area contributed by atoms with Crippen molar-refractivity contribution in [2.24, 2.45) is 5.73 Å². The van der Waals surface area contributed by atoms with Gasteiger partial charge in [-0.15, -0.1) is 0 Å². The van der Waals surface area contributed by atoms with Crippen molar-refractivity contribution in [1.82, 2.24) is 4.90 Å². The predicted octanol–water partition coefficient (Wildman–Crippen LogP) is 0.926. The van der Waals surface area contributed by atoms with Crippen LogP contribution in [0.5, 0.6) is 5.75 Å². The van der Waals surface area contributed by atoms with Crippen LogP contribution in [0.2, 0.25) is 0 Å². The van der Waals surface area contributed by atoms with Crippen molar-refractivity contribution in [2.75, 3.05) is 13.7 Å². The number of β-lactam (4-membered cyclic amide) rings is 1. The Bertz CT molecular complexity index is 389. The van der Waals surface area contributed by atoms with Gasteiger partial charge in [0.1, 0.15) is 11.8 Å². The van der Waals surface area contributed by atoms with E-state index >= 15 is 0 Å². The first-order valence-corrected chi connectivity index (χ1v) is 5.39. The molecule has 1 amide bonds. The molecule has 0 unspecified atom stereocenters. The molecule has 0 spiro atoms. The van der Waals surface area contributed by atoms with Crippen LogP contribution in [0.3, 0.4) is 0 Å². The first kappa shape index (κ1) is 11.0. The van der Waals surface area contributed by atoms with E-state index < -0.39 is 6.04 Å². The molecule has 1 aromatic carbocycles. The molecule has 86 valence electrons. The lowest BCUT2D eigenvalue weighted by atomic mass is 9.89. The minimum absolute atomic E-state index is 0.0170. The van der Waals surface area contributed by atoms with E-state index in [0.29, 0.717) is 6.54 Å². The average molecular weight is 220 g/mol. The van der Waals surface area contributed by atoms with Gasteiger partial charge in [0.25, 0.3) is 0 Å². The van der Waals surface area contributed by atoms with Crippen molar-refractivity contribution in [3.8, 4) is 5.75 Å². The normalized spacial score (nSPS) is 24.2. The molecule has 1 aliphatic heterocycles. The number of likely N-dealkylation sites (tertiary alicyclic amines) is 1. The molecule has 0 aliphatic carbocycles. The molecule has 0 saturated carbocycles. The number of amides is 1. The van der Waals surface area contributed by atoms with Gasteiger partial charge in [0, 0.05) is 6.54 Å². The zero-order valence-corrected chi connectivity index (χ0v) is 9.51. The highest BCUT2D eigenvalue weighted by Gasteiger charge is 2.44. The minimum atomic E-state index is -0.395. The van der Waals surface area contributed by atoms with Crippen LogP contribution in [0.4, 0.5) is 0 Å². The first-order chi connectivity index (χ1) is 7.69. The van der Waals surface area contributed by atoms with E-state index in [1.54, 1.807) is 12.0 Å². The lowest BCUT2D eigenvalue weighted by Crippen LogP contribution is -2.62. The molecule has 0 aromatic heterocycles. The number of rotatable bonds is 3. The van der Waals surface area contributed by atoms with Gasteiger partial charge in [0.15, 0.2) is 0 Å². The Balaban J connectivity index is 2.20. The van der Waals surface area contributed by atoms with E-state index in [4.69, 9.17) is 10.5 Å². The van der Waals surface area contributed by atoms with E-state index in [-0.39, 0.29) is 11.9 Å². The summed E-state index contributed by atoms with van der Waals surface area (Å²) in [5.74, 6) is 0.842. The number of benzene rings is 1. The van der Waals surface area contributed by atoms with Crippen LogP contribution in [-0.4, -0.2) is 30.5 Å². The summed E-state index contributed by atoms with van der Waals surface area (Å²) in [7, 11) is 1.63. The van der Waals surface area contributed by atoms with Crippen molar-refractivity contribution in [3.05, 3.63) is 29.8 Å². The van der Waals surface area contributed by atoms with E-state index in [9.17, 15) is 4.79 Å². The van der Waals surface area contributed by atoms with Crippen molar-refractivity contribution >= 4 is 5.91 Å². The van der Waals surface area contributed by atoms with Crippen molar-refractivity contribution in [1.29, 1.82) is 0 Å². The number of likely N-dealkylation sites (N-methyl/N-ethyl adjacent to an activating group) is 1. The van der Waals surface area contributed by atoms with Crippen molar-refractivity contribution in [2.45, 2.75) is 19.0 Å². The Morgan fingerprint density at radius 2 is 2.00 bits per heavy atom.